The smallest absolute Gasteiger partial charge is 0.216 e. The van der Waals surface area contributed by atoms with E-state index in [0.29, 0.717) is 19.0 Å². The highest BCUT2D eigenvalue weighted by molar-refractivity contribution is 5.79. The van der Waals surface area contributed by atoms with Crippen LogP contribution in [0.25, 0.3) is 0 Å². The molecule has 2 N–H and O–H groups in total. The van der Waals surface area contributed by atoms with Crippen molar-refractivity contribution in [3.05, 3.63) is 42.0 Å². The molecule has 2 aromatic heterocycles. The molecule has 0 aliphatic heterocycles. The number of nitrogens with one attached hydrogen (secondary N) is 2. The van der Waals surface area contributed by atoms with Crippen molar-refractivity contribution in [2.45, 2.75) is 59.5 Å². The Labute approximate surface area is 168 Å². The standard InChI is InChI=1S/C21H35N5O2/c1-7-22-20(25-15-19-23-14-18(28-19)21(4,5)6)24-13-16(26(8-2)9-3)17-11-10-12-27-17/h10-12,14,16H,7-9,13,15H2,1-6H3,(H2,22,24,25). The summed E-state index contributed by atoms with van der Waals surface area (Å²) in [5, 5.41) is 6.72. The van der Waals surface area contributed by atoms with E-state index < -0.39 is 0 Å². The summed E-state index contributed by atoms with van der Waals surface area (Å²) in [5.41, 5.74) is -0.0578. The Morgan fingerprint density at radius 2 is 1.96 bits per heavy atom. The second-order valence-corrected chi connectivity index (χ2v) is 7.70. The van der Waals surface area contributed by atoms with Crippen LogP contribution in [-0.4, -0.2) is 42.0 Å². The molecule has 0 saturated carbocycles. The summed E-state index contributed by atoms with van der Waals surface area (Å²) in [4.78, 5) is 11.3. The van der Waals surface area contributed by atoms with Gasteiger partial charge in [-0.15, -0.1) is 0 Å². The van der Waals surface area contributed by atoms with Crippen molar-refractivity contribution in [2.24, 2.45) is 4.99 Å². The van der Waals surface area contributed by atoms with Gasteiger partial charge in [0.2, 0.25) is 5.89 Å². The lowest BCUT2D eigenvalue weighted by Crippen LogP contribution is -2.43. The Hall–Kier alpha value is -2.28. The minimum absolute atomic E-state index is 0.0578. The van der Waals surface area contributed by atoms with Crippen LogP contribution >= 0.6 is 0 Å². The zero-order valence-corrected chi connectivity index (χ0v) is 18.1. The quantitative estimate of drug-likeness (QED) is 0.503. The minimum Gasteiger partial charge on any atom is -0.468 e. The average Bonchev–Trinajstić information content (AvgIpc) is 3.34. The lowest BCUT2D eigenvalue weighted by atomic mass is 9.94. The number of rotatable bonds is 9. The van der Waals surface area contributed by atoms with E-state index in [-0.39, 0.29) is 11.5 Å². The van der Waals surface area contributed by atoms with Gasteiger partial charge in [0, 0.05) is 18.5 Å². The summed E-state index contributed by atoms with van der Waals surface area (Å²) >= 11 is 0. The summed E-state index contributed by atoms with van der Waals surface area (Å²) in [6.45, 7) is 16.4. The van der Waals surface area contributed by atoms with Crippen molar-refractivity contribution in [2.75, 3.05) is 26.2 Å². The highest BCUT2D eigenvalue weighted by Gasteiger charge is 2.21. The number of aliphatic imine (C=N–C) groups is 1. The first kappa shape index (κ1) is 22.0. The fraction of sp³-hybridized carbons (Fsp3) is 0.619. The predicted molar refractivity (Wildman–Crippen MR) is 112 cm³/mol. The molecule has 0 bridgehead atoms. The van der Waals surface area contributed by atoms with Crippen molar-refractivity contribution in [1.29, 1.82) is 0 Å². The molecule has 0 aliphatic carbocycles. The molecule has 1 unspecified atom stereocenters. The first-order valence-corrected chi connectivity index (χ1v) is 10.1. The molecule has 0 aliphatic rings. The first-order chi connectivity index (χ1) is 13.4. The van der Waals surface area contributed by atoms with Gasteiger partial charge >= 0.3 is 0 Å². The van der Waals surface area contributed by atoms with Gasteiger partial charge in [-0.05, 0) is 32.1 Å². The average molecular weight is 390 g/mol. The summed E-state index contributed by atoms with van der Waals surface area (Å²) in [6.07, 6.45) is 3.51. The molecule has 2 heterocycles. The molecule has 28 heavy (non-hydrogen) atoms. The maximum absolute atomic E-state index is 5.84. The molecule has 7 nitrogen and oxygen atoms in total. The van der Waals surface area contributed by atoms with E-state index in [9.17, 15) is 0 Å². The van der Waals surface area contributed by atoms with Crippen molar-refractivity contribution in [1.82, 2.24) is 20.5 Å². The van der Waals surface area contributed by atoms with E-state index in [2.05, 4.69) is 67.1 Å². The summed E-state index contributed by atoms with van der Waals surface area (Å²) in [5.74, 6) is 3.18. The van der Waals surface area contributed by atoms with Crippen LogP contribution in [0.5, 0.6) is 0 Å². The van der Waals surface area contributed by atoms with Crippen molar-refractivity contribution >= 4 is 5.96 Å². The Balaban J connectivity index is 2.06. The molecular formula is C21H35N5O2. The number of furan rings is 1. The van der Waals surface area contributed by atoms with E-state index in [1.165, 1.54) is 0 Å². The Kier molecular flexibility index (Phi) is 8.11. The van der Waals surface area contributed by atoms with Gasteiger partial charge < -0.3 is 19.5 Å². The minimum atomic E-state index is -0.0578. The van der Waals surface area contributed by atoms with Gasteiger partial charge in [-0.1, -0.05) is 34.6 Å². The lowest BCUT2D eigenvalue weighted by Gasteiger charge is -2.28. The Morgan fingerprint density at radius 1 is 1.21 bits per heavy atom. The number of guanidine groups is 1. The van der Waals surface area contributed by atoms with Crippen LogP contribution in [0.2, 0.25) is 0 Å². The maximum atomic E-state index is 5.84. The van der Waals surface area contributed by atoms with Crippen LogP contribution in [0.3, 0.4) is 0 Å². The number of hydrogen-bond donors (Lipinski definition) is 2. The molecule has 0 fully saturated rings. The van der Waals surface area contributed by atoms with Crippen LogP contribution in [0, 0.1) is 0 Å². The third-order valence-electron chi connectivity index (χ3n) is 4.60. The van der Waals surface area contributed by atoms with E-state index in [1.807, 2.05) is 12.1 Å². The second-order valence-electron chi connectivity index (χ2n) is 7.70. The number of aromatic nitrogens is 1. The monoisotopic (exact) mass is 389 g/mol. The van der Waals surface area contributed by atoms with Crippen LogP contribution in [0.15, 0.2) is 38.4 Å². The van der Waals surface area contributed by atoms with Crippen LogP contribution in [0.4, 0.5) is 0 Å². The van der Waals surface area contributed by atoms with Gasteiger partial charge in [0.1, 0.15) is 18.1 Å². The van der Waals surface area contributed by atoms with Crippen LogP contribution in [-0.2, 0) is 12.0 Å². The third-order valence-corrected chi connectivity index (χ3v) is 4.60. The molecule has 2 aromatic rings. The summed E-state index contributed by atoms with van der Waals surface area (Å²) < 4.78 is 11.5. The lowest BCUT2D eigenvalue weighted by molar-refractivity contribution is 0.193. The van der Waals surface area contributed by atoms with Gasteiger partial charge in [-0.25, -0.2) is 9.98 Å². The van der Waals surface area contributed by atoms with Crippen molar-refractivity contribution < 1.29 is 8.83 Å². The first-order valence-electron chi connectivity index (χ1n) is 10.1. The van der Waals surface area contributed by atoms with E-state index >= 15 is 0 Å². The molecule has 0 spiro atoms. The molecule has 0 saturated heterocycles. The second kappa shape index (κ2) is 10.3. The molecular weight excluding hydrogens is 354 g/mol. The molecule has 0 aromatic carbocycles. The Bertz CT molecular complexity index is 711. The van der Waals surface area contributed by atoms with E-state index in [1.54, 1.807) is 12.5 Å². The van der Waals surface area contributed by atoms with E-state index in [0.717, 1.165) is 37.1 Å². The molecule has 0 amide bonds. The van der Waals surface area contributed by atoms with Crippen LogP contribution < -0.4 is 10.6 Å². The van der Waals surface area contributed by atoms with Crippen LogP contribution in [0.1, 0.15) is 65.0 Å². The Morgan fingerprint density at radius 3 is 2.50 bits per heavy atom. The fourth-order valence-electron chi connectivity index (χ4n) is 2.97. The summed E-state index contributed by atoms with van der Waals surface area (Å²) in [6, 6.07) is 4.10. The van der Waals surface area contributed by atoms with Gasteiger partial charge in [-0.2, -0.15) is 0 Å². The van der Waals surface area contributed by atoms with Gasteiger partial charge in [0.15, 0.2) is 5.96 Å². The fourth-order valence-corrected chi connectivity index (χ4v) is 2.97. The molecule has 0 radical (unpaired) electrons. The molecule has 156 valence electrons. The topological polar surface area (TPSA) is 78.8 Å². The highest BCUT2D eigenvalue weighted by Crippen LogP contribution is 2.23. The molecule has 1 atom stereocenters. The third kappa shape index (κ3) is 6.12. The van der Waals surface area contributed by atoms with Crippen molar-refractivity contribution in [3.63, 3.8) is 0 Å². The van der Waals surface area contributed by atoms with Gasteiger partial charge in [-0.3, -0.25) is 4.90 Å². The van der Waals surface area contributed by atoms with Crippen molar-refractivity contribution in [3.8, 4) is 0 Å². The number of likely N-dealkylation sites (N-methyl/N-ethyl adjacent to an activating group) is 1. The number of oxazole rings is 1. The SMILES string of the molecule is CCNC(=NCc1ncc(C(C)(C)C)o1)NCC(c1ccco1)N(CC)CC. The number of hydrogen-bond acceptors (Lipinski definition) is 5. The normalized spacial score (nSPS) is 13.8. The molecule has 2 rings (SSSR count). The highest BCUT2D eigenvalue weighted by atomic mass is 16.4. The summed E-state index contributed by atoms with van der Waals surface area (Å²) in [7, 11) is 0. The van der Waals surface area contributed by atoms with E-state index in [4.69, 9.17) is 8.83 Å². The zero-order valence-electron chi connectivity index (χ0n) is 18.1. The predicted octanol–water partition coefficient (Wildman–Crippen LogP) is 3.70. The largest absolute Gasteiger partial charge is 0.468 e. The number of nitrogens with zero attached hydrogens (tertiary/aromatic N) is 3. The zero-order chi connectivity index (χ0) is 20.6. The molecule has 7 heteroatoms. The van der Waals surface area contributed by atoms with Gasteiger partial charge in [0.25, 0.3) is 0 Å². The van der Waals surface area contributed by atoms with Gasteiger partial charge in [0.05, 0.1) is 18.5 Å². The maximum Gasteiger partial charge on any atom is 0.216 e.